The first-order valence-corrected chi connectivity index (χ1v) is 9.87. The third-order valence-corrected chi connectivity index (χ3v) is 5.21. The molecule has 0 atom stereocenters. The molecule has 0 aliphatic heterocycles. The fourth-order valence-electron chi connectivity index (χ4n) is 2.79. The number of rotatable bonds is 8. The lowest BCUT2D eigenvalue weighted by atomic mass is 10.1. The summed E-state index contributed by atoms with van der Waals surface area (Å²) in [7, 11) is 3.18. The molecule has 0 aromatic heterocycles. The minimum Gasteiger partial charge on any atom is -0.497 e. The Bertz CT molecular complexity index is 1060. The van der Waals surface area contributed by atoms with Crippen molar-refractivity contribution in [1.82, 2.24) is 0 Å². The van der Waals surface area contributed by atoms with Crippen LogP contribution in [0.25, 0.3) is 6.08 Å². The zero-order valence-corrected chi connectivity index (χ0v) is 18.0. The molecule has 0 radical (unpaired) electrons. The summed E-state index contributed by atoms with van der Waals surface area (Å²) in [6, 6.07) is 17.8. The van der Waals surface area contributed by atoms with Gasteiger partial charge >= 0.3 is 0 Å². The molecule has 0 saturated heterocycles. The molecular weight excluding hydrogens is 423 g/mol. The Morgan fingerprint density at radius 2 is 1.70 bits per heavy atom. The van der Waals surface area contributed by atoms with Crippen molar-refractivity contribution in [3.8, 4) is 17.2 Å². The van der Waals surface area contributed by atoms with Crippen LogP contribution in [-0.4, -0.2) is 20.0 Å². The van der Waals surface area contributed by atoms with E-state index in [2.05, 4.69) is 0 Å². The largest absolute Gasteiger partial charge is 0.497 e. The van der Waals surface area contributed by atoms with Crippen LogP contribution in [-0.2, 0) is 6.61 Å². The highest BCUT2D eigenvalue weighted by Gasteiger charge is 2.09. The predicted octanol–water partition coefficient (Wildman–Crippen LogP) is 6.49. The number of carbonyl (C=O) groups is 1. The molecular formula is C24H20Cl2O4. The molecule has 6 heteroatoms. The van der Waals surface area contributed by atoms with E-state index in [-0.39, 0.29) is 12.4 Å². The van der Waals surface area contributed by atoms with E-state index in [1.54, 1.807) is 62.8 Å². The van der Waals surface area contributed by atoms with Gasteiger partial charge in [0.15, 0.2) is 5.78 Å². The zero-order valence-electron chi connectivity index (χ0n) is 16.5. The maximum absolute atomic E-state index is 12.4. The van der Waals surface area contributed by atoms with Gasteiger partial charge in [-0.1, -0.05) is 41.4 Å². The maximum Gasteiger partial charge on any atom is 0.185 e. The second-order valence-corrected chi connectivity index (χ2v) is 7.12. The highest BCUT2D eigenvalue weighted by molar-refractivity contribution is 6.42. The van der Waals surface area contributed by atoms with Crippen LogP contribution >= 0.6 is 23.2 Å². The van der Waals surface area contributed by atoms with Crippen LogP contribution in [0.2, 0.25) is 10.0 Å². The quantitative estimate of drug-likeness (QED) is 0.295. The van der Waals surface area contributed by atoms with Crippen molar-refractivity contribution in [2.24, 2.45) is 0 Å². The van der Waals surface area contributed by atoms with Gasteiger partial charge < -0.3 is 14.2 Å². The molecule has 0 unspecified atom stereocenters. The van der Waals surface area contributed by atoms with Gasteiger partial charge in [0.05, 0.1) is 19.2 Å². The summed E-state index contributed by atoms with van der Waals surface area (Å²) in [6.45, 7) is 0.233. The number of allylic oxidation sites excluding steroid dienone is 1. The first-order valence-electron chi connectivity index (χ1n) is 9.12. The highest BCUT2D eigenvalue weighted by Crippen LogP contribution is 2.32. The van der Waals surface area contributed by atoms with Gasteiger partial charge in [0.25, 0.3) is 0 Å². The van der Waals surface area contributed by atoms with Crippen molar-refractivity contribution >= 4 is 35.1 Å². The van der Waals surface area contributed by atoms with Crippen LogP contribution in [0.1, 0.15) is 21.5 Å². The first kappa shape index (κ1) is 21.8. The number of methoxy groups -OCH3 is 2. The normalized spacial score (nSPS) is 10.8. The number of hydrogen-bond donors (Lipinski definition) is 0. The van der Waals surface area contributed by atoms with Crippen molar-refractivity contribution in [2.75, 3.05) is 14.2 Å². The van der Waals surface area contributed by atoms with Gasteiger partial charge in [-0.15, -0.1) is 0 Å². The third kappa shape index (κ3) is 5.35. The Hall–Kier alpha value is -2.95. The molecule has 3 aromatic rings. The van der Waals surface area contributed by atoms with E-state index < -0.39 is 0 Å². The summed E-state index contributed by atoms with van der Waals surface area (Å²) in [5.41, 5.74) is 2.24. The molecule has 3 aromatic carbocycles. The lowest BCUT2D eigenvalue weighted by Crippen LogP contribution is -2.00. The lowest BCUT2D eigenvalue weighted by Gasteiger charge is -2.12. The minimum absolute atomic E-state index is 0.100. The van der Waals surface area contributed by atoms with Gasteiger partial charge in [-0.25, -0.2) is 0 Å². The summed E-state index contributed by atoms with van der Waals surface area (Å²) >= 11 is 12.2. The summed E-state index contributed by atoms with van der Waals surface area (Å²) in [6.07, 6.45) is 3.28. The number of hydrogen-bond acceptors (Lipinski definition) is 4. The second-order valence-electron chi connectivity index (χ2n) is 6.34. The minimum atomic E-state index is -0.100. The van der Waals surface area contributed by atoms with Gasteiger partial charge in [-0.2, -0.15) is 0 Å². The van der Waals surface area contributed by atoms with Crippen molar-refractivity contribution in [1.29, 1.82) is 0 Å². The van der Waals surface area contributed by atoms with Gasteiger partial charge in [-0.3, -0.25) is 4.79 Å². The van der Waals surface area contributed by atoms with Gasteiger partial charge in [0, 0.05) is 11.1 Å². The molecule has 0 spiro atoms. The fraction of sp³-hybridized carbons (Fsp3) is 0.125. The molecule has 30 heavy (non-hydrogen) atoms. The Kier molecular flexibility index (Phi) is 7.39. The Morgan fingerprint density at radius 3 is 2.40 bits per heavy atom. The van der Waals surface area contributed by atoms with Crippen LogP contribution in [0, 0.1) is 0 Å². The standard InChI is InChI=1S/C24H20Cl2O4/c1-28-19-10-8-17(9-11-19)21(27)12-6-16-7-13-22(29-2)18(14-16)15-30-23-5-3-4-20(25)24(23)26/h3-14H,15H2,1-2H3/b12-6+. The first-order chi connectivity index (χ1) is 14.5. The Labute approximate surface area is 185 Å². The van der Waals surface area contributed by atoms with Crippen molar-refractivity contribution in [3.05, 3.63) is 93.5 Å². The molecule has 0 aliphatic rings. The number of halogens is 2. The number of carbonyl (C=O) groups excluding carboxylic acids is 1. The van der Waals surface area contributed by atoms with Crippen LogP contribution in [0.4, 0.5) is 0 Å². The van der Waals surface area contributed by atoms with Crippen LogP contribution in [0.3, 0.4) is 0 Å². The van der Waals surface area contributed by atoms with Crippen LogP contribution < -0.4 is 14.2 Å². The van der Waals surface area contributed by atoms with E-state index in [0.29, 0.717) is 32.9 Å². The number of ketones is 1. The van der Waals surface area contributed by atoms with E-state index in [4.69, 9.17) is 37.4 Å². The van der Waals surface area contributed by atoms with E-state index in [1.165, 1.54) is 6.08 Å². The fourth-order valence-corrected chi connectivity index (χ4v) is 3.14. The summed E-state index contributed by atoms with van der Waals surface area (Å²) in [5, 5.41) is 0.786. The van der Waals surface area contributed by atoms with E-state index in [9.17, 15) is 4.79 Å². The van der Waals surface area contributed by atoms with Gasteiger partial charge in [0.2, 0.25) is 0 Å². The van der Waals surface area contributed by atoms with Crippen LogP contribution in [0.5, 0.6) is 17.2 Å². The molecule has 3 rings (SSSR count). The molecule has 0 N–H and O–H groups in total. The SMILES string of the molecule is COc1ccc(C(=O)/C=C/c2ccc(OC)c(COc3cccc(Cl)c3Cl)c2)cc1. The summed E-state index contributed by atoms with van der Waals surface area (Å²) in [5.74, 6) is 1.76. The summed E-state index contributed by atoms with van der Waals surface area (Å²) < 4.78 is 16.3. The van der Waals surface area contributed by atoms with Crippen LogP contribution in [0.15, 0.2) is 66.7 Å². The lowest BCUT2D eigenvalue weighted by molar-refractivity contribution is 0.104. The molecule has 0 amide bonds. The molecule has 154 valence electrons. The molecule has 0 heterocycles. The van der Waals surface area contributed by atoms with Crippen molar-refractivity contribution < 1.29 is 19.0 Å². The molecule has 4 nitrogen and oxygen atoms in total. The topological polar surface area (TPSA) is 44.8 Å². The maximum atomic E-state index is 12.4. The van der Waals surface area contributed by atoms with E-state index in [1.807, 2.05) is 18.2 Å². The average molecular weight is 443 g/mol. The molecule has 0 saturated carbocycles. The number of benzene rings is 3. The highest BCUT2D eigenvalue weighted by atomic mass is 35.5. The second kappa shape index (κ2) is 10.2. The van der Waals surface area contributed by atoms with E-state index >= 15 is 0 Å². The predicted molar refractivity (Wildman–Crippen MR) is 120 cm³/mol. The Morgan fingerprint density at radius 1 is 0.933 bits per heavy atom. The molecule has 0 aliphatic carbocycles. The van der Waals surface area contributed by atoms with Gasteiger partial charge in [0.1, 0.15) is 28.9 Å². The monoisotopic (exact) mass is 442 g/mol. The number of ether oxygens (including phenoxy) is 3. The molecule has 0 fully saturated rings. The third-order valence-electron chi connectivity index (χ3n) is 4.41. The smallest absolute Gasteiger partial charge is 0.185 e. The van der Waals surface area contributed by atoms with Gasteiger partial charge in [-0.05, 0) is 60.2 Å². The van der Waals surface area contributed by atoms with Crippen molar-refractivity contribution in [3.63, 3.8) is 0 Å². The zero-order chi connectivity index (χ0) is 21.5. The van der Waals surface area contributed by atoms with Crippen molar-refractivity contribution in [2.45, 2.75) is 6.61 Å². The molecule has 0 bridgehead atoms. The average Bonchev–Trinajstić information content (AvgIpc) is 2.78. The van der Waals surface area contributed by atoms with E-state index in [0.717, 1.165) is 11.1 Å². The Balaban J connectivity index is 1.75. The summed E-state index contributed by atoms with van der Waals surface area (Å²) in [4.78, 5) is 12.4.